The number of amides is 2. The zero-order valence-electron chi connectivity index (χ0n) is 18.9. The number of hydrogen-bond donors (Lipinski definition) is 2. The second-order valence-corrected chi connectivity index (χ2v) is 9.19. The molecule has 2 amide bonds. The van der Waals surface area contributed by atoms with Crippen molar-refractivity contribution in [2.75, 3.05) is 24.4 Å². The highest BCUT2D eigenvalue weighted by atomic mass is 32.1. The lowest BCUT2D eigenvalue weighted by Gasteiger charge is -2.11. The maximum atomic E-state index is 13.3. The van der Waals surface area contributed by atoms with E-state index in [0.717, 1.165) is 10.6 Å². The molecule has 0 saturated heterocycles. The molecule has 9 heteroatoms. The predicted octanol–water partition coefficient (Wildman–Crippen LogP) is 4.89. The minimum Gasteiger partial charge on any atom is -0.375 e. The molecule has 0 unspecified atom stereocenters. The molecule has 0 aliphatic rings. The number of nitrogens with one attached hydrogen (secondary N) is 2. The molecule has 4 aromatic rings. The van der Waals surface area contributed by atoms with Crippen molar-refractivity contribution in [3.8, 4) is 10.6 Å². The van der Waals surface area contributed by atoms with Crippen molar-refractivity contribution in [2.24, 2.45) is 0 Å². The zero-order chi connectivity index (χ0) is 23.5. The predicted molar refractivity (Wildman–Crippen MR) is 131 cm³/mol. The number of carbonyl (C=O) groups excluding carboxylic acids is 2. The average molecular weight is 464 g/mol. The maximum Gasteiger partial charge on any atom is 0.256 e. The normalized spacial score (nSPS) is 11.2. The summed E-state index contributed by atoms with van der Waals surface area (Å²) in [5.74, 6) is -0.497. The van der Waals surface area contributed by atoms with Gasteiger partial charge in [0.15, 0.2) is 5.65 Å². The van der Waals surface area contributed by atoms with Gasteiger partial charge in [-0.15, -0.1) is 11.3 Å². The van der Waals surface area contributed by atoms with Crippen LogP contribution in [0.1, 0.15) is 35.1 Å². The van der Waals surface area contributed by atoms with E-state index < -0.39 is 0 Å². The number of thiophene rings is 1. The van der Waals surface area contributed by atoms with Crippen LogP contribution >= 0.6 is 11.3 Å². The van der Waals surface area contributed by atoms with Gasteiger partial charge in [0, 0.05) is 29.4 Å². The van der Waals surface area contributed by atoms with Gasteiger partial charge < -0.3 is 15.4 Å². The molecule has 0 atom stereocenters. The highest BCUT2D eigenvalue weighted by Gasteiger charge is 2.19. The van der Waals surface area contributed by atoms with Gasteiger partial charge in [-0.05, 0) is 63.2 Å². The van der Waals surface area contributed by atoms with E-state index in [1.54, 1.807) is 41.8 Å². The lowest BCUT2D eigenvalue weighted by atomic mass is 10.1. The number of rotatable bonds is 7. The first kappa shape index (κ1) is 22.6. The number of hydrogen-bond acceptors (Lipinski definition) is 6. The summed E-state index contributed by atoms with van der Waals surface area (Å²) < 4.78 is 6.64. The molecule has 0 aliphatic carbocycles. The Balaban J connectivity index is 1.65. The van der Waals surface area contributed by atoms with Crippen molar-refractivity contribution < 1.29 is 14.3 Å². The Morgan fingerprint density at radius 2 is 1.79 bits per heavy atom. The molecule has 1 aromatic carbocycles. The van der Waals surface area contributed by atoms with Crippen LogP contribution in [0, 0.1) is 6.92 Å². The van der Waals surface area contributed by atoms with Crippen LogP contribution in [-0.4, -0.2) is 40.3 Å². The molecule has 0 aliphatic heterocycles. The third-order valence-corrected chi connectivity index (χ3v) is 6.02. The van der Waals surface area contributed by atoms with Crippen molar-refractivity contribution in [3.63, 3.8) is 0 Å². The summed E-state index contributed by atoms with van der Waals surface area (Å²) in [6.45, 7) is 6.08. The fourth-order valence-corrected chi connectivity index (χ4v) is 4.27. The minimum absolute atomic E-state index is 0.0211. The molecule has 0 bridgehead atoms. The zero-order valence-corrected chi connectivity index (χ0v) is 19.7. The van der Waals surface area contributed by atoms with Gasteiger partial charge in [0.05, 0.1) is 27.7 Å². The van der Waals surface area contributed by atoms with Gasteiger partial charge in [-0.3, -0.25) is 9.59 Å². The molecule has 0 spiro atoms. The number of carbonyl (C=O) groups is 2. The van der Waals surface area contributed by atoms with Crippen molar-refractivity contribution in [1.29, 1.82) is 0 Å². The number of methoxy groups -OCH3 is 1. The Bertz CT molecular complexity index is 1310. The van der Waals surface area contributed by atoms with Crippen LogP contribution in [0.5, 0.6) is 0 Å². The number of aryl methyl sites for hydroxylation is 1. The van der Waals surface area contributed by atoms with Gasteiger partial charge >= 0.3 is 0 Å². The van der Waals surface area contributed by atoms with E-state index in [-0.39, 0.29) is 24.5 Å². The van der Waals surface area contributed by atoms with E-state index in [0.29, 0.717) is 28.0 Å². The standard InChI is InChI=1S/C24H25N5O3S/c1-14(2)29-23-19(12-25-29)18(11-20(28-23)21-10-5-15(3)33-21)24(31)27-17-8-6-16(7-9-17)26-22(30)13-32-4/h5-12,14H,13H2,1-4H3,(H,26,30)(H,27,31). The van der Waals surface area contributed by atoms with Crippen molar-refractivity contribution >= 4 is 45.6 Å². The Morgan fingerprint density at radius 1 is 1.09 bits per heavy atom. The topological polar surface area (TPSA) is 98.1 Å². The number of nitrogens with zero attached hydrogens (tertiary/aromatic N) is 3. The first-order valence-corrected chi connectivity index (χ1v) is 11.3. The Morgan fingerprint density at radius 3 is 2.39 bits per heavy atom. The summed E-state index contributed by atoms with van der Waals surface area (Å²) in [5.41, 5.74) is 3.15. The molecule has 4 rings (SSSR count). The molecule has 8 nitrogen and oxygen atoms in total. The van der Waals surface area contributed by atoms with Crippen LogP contribution in [0.4, 0.5) is 11.4 Å². The van der Waals surface area contributed by atoms with Crippen LogP contribution in [0.25, 0.3) is 21.6 Å². The number of pyridine rings is 1. The average Bonchev–Trinajstić information content (AvgIpc) is 3.41. The second-order valence-electron chi connectivity index (χ2n) is 7.90. The van der Waals surface area contributed by atoms with Crippen molar-refractivity contribution in [2.45, 2.75) is 26.8 Å². The molecular weight excluding hydrogens is 438 g/mol. The molecule has 2 N–H and O–H groups in total. The smallest absolute Gasteiger partial charge is 0.256 e. The van der Waals surface area contributed by atoms with E-state index in [9.17, 15) is 9.59 Å². The highest BCUT2D eigenvalue weighted by molar-refractivity contribution is 7.15. The number of anilines is 2. The quantitative estimate of drug-likeness (QED) is 0.407. The van der Waals surface area contributed by atoms with Crippen LogP contribution in [0.2, 0.25) is 0 Å². The Labute approximate surface area is 195 Å². The van der Waals surface area contributed by atoms with E-state index in [2.05, 4.69) is 15.7 Å². The van der Waals surface area contributed by atoms with E-state index >= 15 is 0 Å². The lowest BCUT2D eigenvalue weighted by Crippen LogP contribution is -2.17. The summed E-state index contributed by atoms with van der Waals surface area (Å²) in [4.78, 5) is 31.9. The summed E-state index contributed by atoms with van der Waals surface area (Å²) in [6.07, 6.45) is 1.69. The van der Waals surface area contributed by atoms with Crippen LogP contribution < -0.4 is 10.6 Å². The number of ether oxygens (including phenoxy) is 1. The molecule has 0 saturated carbocycles. The van der Waals surface area contributed by atoms with Crippen LogP contribution in [-0.2, 0) is 9.53 Å². The van der Waals surface area contributed by atoms with Gasteiger partial charge in [0.25, 0.3) is 5.91 Å². The van der Waals surface area contributed by atoms with Crippen LogP contribution in [0.15, 0.2) is 48.7 Å². The third-order valence-electron chi connectivity index (χ3n) is 5.00. The molecular formula is C24H25N5O3S. The number of fused-ring (bicyclic) bond motifs is 1. The van der Waals surface area contributed by atoms with Gasteiger partial charge in [0.2, 0.25) is 5.91 Å². The van der Waals surface area contributed by atoms with E-state index in [1.165, 1.54) is 12.0 Å². The second kappa shape index (κ2) is 9.51. The molecule has 0 fully saturated rings. The van der Waals surface area contributed by atoms with Crippen molar-refractivity contribution in [1.82, 2.24) is 14.8 Å². The lowest BCUT2D eigenvalue weighted by molar-refractivity contribution is -0.119. The van der Waals surface area contributed by atoms with Gasteiger partial charge in [-0.1, -0.05) is 0 Å². The molecule has 3 aromatic heterocycles. The summed E-state index contributed by atoms with van der Waals surface area (Å²) in [7, 11) is 1.46. The monoisotopic (exact) mass is 463 g/mol. The molecule has 0 radical (unpaired) electrons. The summed E-state index contributed by atoms with van der Waals surface area (Å²) >= 11 is 1.63. The van der Waals surface area contributed by atoms with Crippen molar-refractivity contribution in [3.05, 3.63) is 59.1 Å². The molecule has 33 heavy (non-hydrogen) atoms. The number of aromatic nitrogens is 3. The third kappa shape index (κ3) is 4.94. The maximum absolute atomic E-state index is 13.3. The fourth-order valence-electron chi connectivity index (χ4n) is 3.45. The molecule has 170 valence electrons. The number of benzene rings is 1. The van der Waals surface area contributed by atoms with E-state index in [4.69, 9.17) is 9.72 Å². The largest absolute Gasteiger partial charge is 0.375 e. The Kier molecular flexibility index (Phi) is 6.52. The van der Waals surface area contributed by atoms with Gasteiger partial charge in [0.1, 0.15) is 6.61 Å². The fraction of sp³-hybridized carbons (Fsp3) is 0.250. The minimum atomic E-state index is -0.253. The first-order valence-electron chi connectivity index (χ1n) is 10.5. The Hall–Kier alpha value is -3.56. The summed E-state index contributed by atoms with van der Waals surface area (Å²) in [6, 6.07) is 12.9. The highest BCUT2D eigenvalue weighted by Crippen LogP contribution is 2.31. The summed E-state index contributed by atoms with van der Waals surface area (Å²) in [5, 5.41) is 10.8. The van der Waals surface area contributed by atoms with Crippen LogP contribution in [0.3, 0.4) is 0 Å². The van der Waals surface area contributed by atoms with Gasteiger partial charge in [-0.2, -0.15) is 5.10 Å². The van der Waals surface area contributed by atoms with E-state index in [1.807, 2.05) is 43.7 Å². The SMILES string of the molecule is COCC(=O)Nc1ccc(NC(=O)c2cc(-c3ccc(C)s3)nc3c2cnn3C(C)C)cc1. The first-order chi connectivity index (χ1) is 15.9. The molecule has 3 heterocycles. The van der Waals surface area contributed by atoms with Gasteiger partial charge in [-0.25, -0.2) is 9.67 Å².